The average Bonchev–Trinajstić information content (AvgIpc) is 3.17. The number of hydrogen-bond donors (Lipinski definition) is 2. The van der Waals surface area contributed by atoms with Crippen molar-refractivity contribution in [3.63, 3.8) is 0 Å². The third kappa shape index (κ3) is 3.69. The number of H-pyrrole nitrogens is 1. The Hall–Kier alpha value is -3.56. The molecule has 1 unspecified atom stereocenters. The molecule has 0 aliphatic heterocycles. The summed E-state index contributed by atoms with van der Waals surface area (Å²) in [6.07, 6.45) is 0.239. The first-order valence-electron chi connectivity index (χ1n) is 9.51. The monoisotopic (exact) mass is 431 g/mol. The van der Waals surface area contributed by atoms with Crippen molar-refractivity contribution in [2.24, 2.45) is 7.05 Å². The van der Waals surface area contributed by atoms with Crippen LogP contribution in [0, 0.1) is 0 Å². The quantitative estimate of drug-likeness (QED) is 0.652. The standard InChI is InChI=1S/C21H20F3N5O2/c1-11-15(13-6-12-4-5-25-18(12)26-9-13)8-17(11)29(3)20(31)27-16-7-14(21(22,23)24)10-28(2)19(16)30/h4-7,9-10,15H,8H2,1-3H3,(H,25,26)(H,27,31). The molecule has 0 aromatic carbocycles. The zero-order valence-electron chi connectivity index (χ0n) is 17.0. The Morgan fingerprint density at radius 3 is 2.77 bits per heavy atom. The Morgan fingerprint density at radius 2 is 2.10 bits per heavy atom. The second-order valence-corrected chi connectivity index (χ2v) is 7.62. The molecule has 2 N–H and O–H groups in total. The SMILES string of the molecule is CC1=C(N(C)C(=O)Nc2cc(C(F)(F)F)cn(C)c2=O)CC1c1cnc2[nH]ccc2c1. The van der Waals surface area contributed by atoms with E-state index in [1.165, 1.54) is 19.0 Å². The highest BCUT2D eigenvalue weighted by atomic mass is 19.4. The summed E-state index contributed by atoms with van der Waals surface area (Å²) in [7, 11) is 2.73. The number of urea groups is 1. The summed E-state index contributed by atoms with van der Waals surface area (Å²) < 4.78 is 39.9. The predicted octanol–water partition coefficient (Wildman–Crippen LogP) is 4.21. The van der Waals surface area contributed by atoms with Gasteiger partial charge in [-0.2, -0.15) is 13.2 Å². The lowest BCUT2D eigenvalue weighted by Crippen LogP contribution is -2.37. The second kappa shape index (κ2) is 7.29. The van der Waals surface area contributed by atoms with E-state index in [9.17, 15) is 22.8 Å². The number of allylic oxidation sites excluding steroid dienone is 2. The van der Waals surface area contributed by atoms with Gasteiger partial charge in [-0.05, 0) is 42.7 Å². The number of amides is 2. The first-order valence-corrected chi connectivity index (χ1v) is 9.51. The molecule has 0 saturated heterocycles. The summed E-state index contributed by atoms with van der Waals surface area (Å²) in [6, 6.07) is 3.94. The van der Waals surface area contributed by atoms with E-state index in [4.69, 9.17) is 0 Å². The van der Waals surface area contributed by atoms with Crippen LogP contribution in [0.15, 0.2) is 52.9 Å². The summed E-state index contributed by atoms with van der Waals surface area (Å²) in [5.41, 5.74) is 1.37. The van der Waals surface area contributed by atoms with Gasteiger partial charge in [-0.15, -0.1) is 0 Å². The number of carbonyl (C=O) groups is 1. The summed E-state index contributed by atoms with van der Waals surface area (Å²) >= 11 is 0. The number of nitrogens with one attached hydrogen (secondary N) is 2. The van der Waals surface area contributed by atoms with Crippen LogP contribution in [0.5, 0.6) is 0 Å². The van der Waals surface area contributed by atoms with Crippen molar-refractivity contribution in [3.8, 4) is 0 Å². The molecule has 3 heterocycles. The average molecular weight is 431 g/mol. The van der Waals surface area contributed by atoms with Crippen molar-refractivity contribution >= 4 is 22.8 Å². The molecule has 3 aromatic heterocycles. The minimum atomic E-state index is -4.63. The van der Waals surface area contributed by atoms with E-state index >= 15 is 0 Å². The summed E-state index contributed by atoms with van der Waals surface area (Å²) in [6.45, 7) is 1.90. The molecular weight excluding hydrogens is 411 g/mol. The van der Waals surface area contributed by atoms with Gasteiger partial charge in [0.15, 0.2) is 0 Å². The molecule has 1 atom stereocenters. The van der Waals surface area contributed by atoms with E-state index in [1.807, 2.05) is 25.3 Å². The highest BCUT2D eigenvalue weighted by Crippen LogP contribution is 2.43. The van der Waals surface area contributed by atoms with Gasteiger partial charge in [0.05, 0.1) is 5.56 Å². The number of anilines is 1. The number of fused-ring (bicyclic) bond motifs is 1. The largest absolute Gasteiger partial charge is 0.417 e. The number of hydrogen-bond acceptors (Lipinski definition) is 3. The van der Waals surface area contributed by atoms with E-state index in [2.05, 4.69) is 15.3 Å². The molecule has 3 aromatic rings. The topological polar surface area (TPSA) is 83.0 Å². The van der Waals surface area contributed by atoms with Crippen LogP contribution in [0.1, 0.15) is 30.4 Å². The fourth-order valence-electron chi connectivity index (χ4n) is 3.77. The van der Waals surface area contributed by atoms with Gasteiger partial charge in [-0.1, -0.05) is 0 Å². The fourth-order valence-corrected chi connectivity index (χ4v) is 3.77. The van der Waals surface area contributed by atoms with E-state index in [1.54, 1.807) is 6.20 Å². The van der Waals surface area contributed by atoms with Crippen molar-refractivity contribution < 1.29 is 18.0 Å². The van der Waals surface area contributed by atoms with Crippen LogP contribution in [0.2, 0.25) is 0 Å². The zero-order chi connectivity index (χ0) is 22.5. The lowest BCUT2D eigenvalue weighted by molar-refractivity contribution is -0.138. The normalized spacial score (nSPS) is 16.4. The first kappa shape index (κ1) is 20.7. The van der Waals surface area contributed by atoms with Crippen molar-refractivity contribution in [1.29, 1.82) is 0 Å². The molecule has 0 spiro atoms. The molecule has 0 fully saturated rings. The third-order valence-electron chi connectivity index (χ3n) is 5.66. The van der Waals surface area contributed by atoms with Crippen LogP contribution < -0.4 is 10.9 Å². The molecule has 0 saturated carbocycles. The van der Waals surface area contributed by atoms with Crippen LogP contribution in [-0.4, -0.2) is 32.5 Å². The number of alkyl halides is 3. The highest BCUT2D eigenvalue weighted by Gasteiger charge is 2.34. The number of aromatic amines is 1. The van der Waals surface area contributed by atoms with Gasteiger partial charge in [0, 0.05) is 49.7 Å². The second-order valence-electron chi connectivity index (χ2n) is 7.62. The smallest absolute Gasteiger partial charge is 0.346 e. The fraction of sp³-hybridized carbons (Fsp3) is 0.286. The highest BCUT2D eigenvalue weighted by molar-refractivity contribution is 5.90. The summed E-state index contributed by atoms with van der Waals surface area (Å²) in [4.78, 5) is 33.6. The first-order chi connectivity index (χ1) is 14.6. The number of nitrogens with zero attached hydrogens (tertiary/aromatic N) is 3. The molecule has 1 aliphatic carbocycles. The Kier molecular flexibility index (Phi) is 4.87. The number of rotatable bonds is 3. The molecule has 31 heavy (non-hydrogen) atoms. The molecule has 0 bridgehead atoms. The lowest BCUT2D eigenvalue weighted by atomic mass is 9.77. The lowest BCUT2D eigenvalue weighted by Gasteiger charge is -2.36. The number of carbonyl (C=O) groups excluding carboxylic acids is 1. The molecule has 162 valence electrons. The van der Waals surface area contributed by atoms with E-state index in [0.29, 0.717) is 18.7 Å². The number of aromatic nitrogens is 3. The molecule has 0 radical (unpaired) electrons. The number of pyridine rings is 2. The Balaban J connectivity index is 1.54. The summed E-state index contributed by atoms with van der Waals surface area (Å²) in [5.74, 6) is 0.0958. The Labute approximate surface area is 175 Å². The number of aryl methyl sites for hydroxylation is 1. The molecule has 2 amide bonds. The van der Waals surface area contributed by atoms with E-state index in [-0.39, 0.29) is 5.92 Å². The van der Waals surface area contributed by atoms with E-state index in [0.717, 1.165) is 32.4 Å². The molecule has 4 rings (SSSR count). The minimum absolute atomic E-state index is 0.0958. The van der Waals surface area contributed by atoms with Crippen molar-refractivity contribution in [3.05, 3.63) is 69.5 Å². The van der Waals surface area contributed by atoms with Gasteiger partial charge in [-0.3, -0.25) is 4.79 Å². The van der Waals surface area contributed by atoms with Gasteiger partial charge in [0.1, 0.15) is 11.3 Å². The third-order valence-corrected chi connectivity index (χ3v) is 5.66. The van der Waals surface area contributed by atoms with Gasteiger partial charge < -0.3 is 19.8 Å². The van der Waals surface area contributed by atoms with Crippen LogP contribution in [0.3, 0.4) is 0 Å². The molecular formula is C21H20F3N5O2. The molecule has 7 nitrogen and oxygen atoms in total. The predicted molar refractivity (Wildman–Crippen MR) is 110 cm³/mol. The summed E-state index contributed by atoms with van der Waals surface area (Å²) in [5, 5.41) is 3.30. The van der Waals surface area contributed by atoms with E-state index < -0.39 is 29.0 Å². The zero-order valence-corrected chi connectivity index (χ0v) is 17.0. The maximum absolute atomic E-state index is 13.0. The van der Waals surface area contributed by atoms with Gasteiger partial charge in [0.2, 0.25) is 0 Å². The minimum Gasteiger partial charge on any atom is -0.346 e. The Morgan fingerprint density at radius 1 is 1.35 bits per heavy atom. The van der Waals surface area contributed by atoms with Crippen molar-refractivity contribution in [1.82, 2.24) is 19.4 Å². The van der Waals surface area contributed by atoms with Gasteiger partial charge in [-0.25, -0.2) is 9.78 Å². The van der Waals surface area contributed by atoms with Crippen LogP contribution in [0.4, 0.5) is 23.7 Å². The number of halogens is 3. The van der Waals surface area contributed by atoms with Gasteiger partial charge >= 0.3 is 12.2 Å². The van der Waals surface area contributed by atoms with Crippen LogP contribution >= 0.6 is 0 Å². The van der Waals surface area contributed by atoms with Crippen LogP contribution in [-0.2, 0) is 13.2 Å². The van der Waals surface area contributed by atoms with Crippen molar-refractivity contribution in [2.75, 3.05) is 12.4 Å². The van der Waals surface area contributed by atoms with Crippen LogP contribution in [0.25, 0.3) is 11.0 Å². The molecule has 1 aliphatic rings. The maximum atomic E-state index is 13.0. The van der Waals surface area contributed by atoms with Crippen molar-refractivity contribution in [2.45, 2.75) is 25.4 Å². The Bertz CT molecular complexity index is 1270. The maximum Gasteiger partial charge on any atom is 0.417 e. The van der Waals surface area contributed by atoms with Gasteiger partial charge in [0.25, 0.3) is 5.56 Å². The molecule has 10 heteroatoms.